The van der Waals surface area contributed by atoms with Gasteiger partial charge in [-0.1, -0.05) is 37.3 Å². The summed E-state index contributed by atoms with van der Waals surface area (Å²) in [6.07, 6.45) is 0. The van der Waals surface area contributed by atoms with Crippen molar-refractivity contribution < 1.29 is 0 Å². The van der Waals surface area contributed by atoms with Gasteiger partial charge in [0.25, 0.3) is 0 Å². The number of nitrogens with two attached hydrogens (primary N) is 1. The zero-order chi connectivity index (χ0) is 12.6. The second kappa shape index (κ2) is 4.15. The molecule has 0 aliphatic heterocycles. The van der Waals surface area contributed by atoms with Crippen molar-refractivity contribution in [2.75, 3.05) is 0 Å². The minimum absolute atomic E-state index is 0.0855. The van der Waals surface area contributed by atoms with Crippen LogP contribution in [0.3, 0.4) is 0 Å². The van der Waals surface area contributed by atoms with Crippen LogP contribution in [0.4, 0.5) is 0 Å². The van der Waals surface area contributed by atoms with Gasteiger partial charge in [-0.15, -0.1) is 15.3 Å². The Morgan fingerprint density at radius 2 is 1.94 bits per heavy atom. The first-order valence-electron chi connectivity index (χ1n) is 5.39. The van der Waals surface area contributed by atoms with Crippen molar-refractivity contribution in [2.24, 2.45) is 5.73 Å². The van der Waals surface area contributed by atoms with Crippen LogP contribution >= 0.6 is 11.3 Å². The lowest BCUT2D eigenvalue weighted by Crippen LogP contribution is -2.20. The smallest absolute Gasteiger partial charge is 0.234 e. The Morgan fingerprint density at radius 3 is 2.41 bits per heavy atom. The molecule has 2 aromatic rings. The van der Waals surface area contributed by atoms with Gasteiger partial charge in [0, 0.05) is 12.0 Å². The average Bonchev–Trinajstić information content (AvgIpc) is 2.81. The largest absolute Gasteiger partial charge is 0.325 e. The highest BCUT2D eigenvalue weighted by Gasteiger charge is 2.26. The first kappa shape index (κ1) is 12.1. The Kier molecular flexibility index (Phi) is 2.96. The van der Waals surface area contributed by atoms with Crippen molar-refractivity contribution in [3.05, 3.63) is 16.4 Å². The molecule has 0 amide bonds. The van der Waals surface area contributed by atoms with Gasteiger partial charge in [-0.3, -0.25) is 0 Å². The van der Waals surface area contributed by atoms with Crippen molar-refractivity contribution >= 4 is 11.3 Å². The van der Waals surface area contributed by atoms with Crippen LogP contribution in [0.1, 0.15) is 37.2 Å². The first-order chi connectivity index (χ1) is 7.93. The van der Waals surface area contributed by atoms with Gasteiger partial charge >= 0.3 is 0 Å². The minimum atomic E-state index is -0.0855. The van der Waals surface area contributed by atoms with E-state index in [1.54, 1.807) is 4.68 Å². The maximum Gasteiger partial charge on any atom is 0.234 e. The average molecular weight is 252 g/mol. The number of aryl methyl sites for hydroxylation is 1. The predicted molar refractivity (Wildman–Crippen MR) is 66.2 cm³/mol. The third-order valence-corrected chi connectivity index (χ3v) is 3.15. The number of nitrogens with zero attached hydrogens (tertiary/aromatic N) is 5. The fourth-order valence-electron chi connectivity index (χ4n) is 1.71. The molecule has 0 bridgehead atoms. The van der Waals surface area contributed by atoms with Crippen molar-refractivity contribution in [3.63, 3.8) is 0 Å². The molecule has 0 aliphatic rings. The number of hydrogen-bond acceptors (Lipinski definition) is 6. The predicted octanol–water partition coefficient (Wildman–Crippen LogP) is 1.18. The summed E-state index contributed by atoms with van der Waals surface area (Å²) in [7, 11) is 0. The molecule has 0 aromatic carbocycles. The lowest BCUT2D eigenvalue weighted by Gasteiger charge is -2.19. The van der Waals surface area contributed by atoms with E-state index in [-0.39, 0.29) is 5.41 Å². The minimum Gasteiger partial charge on any atom is -0.325 e. The zero-order valence-electron chi connectivity index (χ0n) is 10.4. The van der Waals surface area contributed by atoms with Crippen LogP contribution in [0.15, 0.2) is 0 Å². The number of aromatic nitrogens is 5. The summed E-state index contributed by atoms with van der Waals surface area (Å²) >= 11 is 1.49. The Labute approximate surface area is 104 Å². The van der Waals surface area contributed by atoms with Gasteiger partial charge in [0.2, 0.25) is 5.13 Å². The molecule has 0 atom stereocenters. The Bertz CT molecular complexity index is 521. The van der Waals surface area contributed by atoms with Gasteiger partial charge in [0.05, 0.1) is 5.69 Å². The molecular formula is C10H16N6S. The van der Waals surface area contributed by atoms with E-state index in [1.165, 1.54) is 11.3 Å². The Hall–Kier alpha value is -1.34. The van der Waals surface area contributed by atoms with E-state index in [4.69, 9.17) is 5.73 Å². The summed E-state index contributed by atoms with van der Waals surface area (Å²) in [6, 6.07) is 0. The highest BCUT2D eigenvalue weighted by molar-refractivity contribution is 7.13. The highest BCUT2D eigenvalue weighted by Crippen LogP contribution is 2.27. The van der Waals surface area contributed by atoms with Crippen LogP contribution in [0.2, 0.25) is 0 Å². The van der Waals surface area contributed by atoms with Crippen LogP contribution in [0, 0.1) is 6.92 Å². The molecule has 0 aliphatic carbocycles. The topological polar surface area (TPSA) is 82.5 Å². The summed E-state index contributed by atoms with van der Waals surface area (Å²) in [5.74, 6) is 0. The molecule has 17 heavy (non-hydrogen) atoms. The molecule has 0 spiro atoms. The third kappa shape index (κ3) is 2.20. The summed E-state index contributed by atoms with van der Waals surface area (Å²) in [5, 5.41) is 18.0. The molecule has 0 unspecified atom stereocenters. The molecule has 2 N–H and O–H groups in total. The molecule has 0 saturated carbocycles. The molecule has 7 heteroatoms. The van der Waals surface area contributed by atoms with Gasteiger partial charge < -0.3 is 5.73 Å². The number of rotatable bonds is 2. The lowest BCUT2D eigenvalue weighted by atomic mass is 9.90. The fourth-order valence-corrected chi connectivity index (χ4v) is 2.35. The van der Waals surface area contributed by atoms with Gasteiger partial charge in [-0.25, -0.2) is 0 Å². The molecule has 2 heterocycles. The monoisotopic (exact) mass is 252 g/mol. The van der Waals surface area contributed by atoms with Gasteiger partial charge in [-0.2, -0.15) is 4.68 Å². The maximum atomic E-state index is 5.70. The summed E-state index contributed by atoms with van der Waals surface area (Å²) in [5.41, 5.74) is 7.42. The van der Waals surface area contributed by atoms with E-state index >= 15 is 0 Å². The van der Waals surface area contributed by atoms with Gasteiger partial charge in [0.15, 0.2) is 0 Å². The van der Waals surface area contributed by atoms with E-state index in [1.807, 2.05) is 6.92 Å². The quantitative estimate of drug-likeness (QED) is 0.868. The maximum absolute atomic E-state index is 5.70. The normalized spacial score (nSPS) is 12.1. The lowest BCUT2D eigenvalue weighted by molar-refractivity contribution is 0.536. The molecule has 0 fully saturated rings. The van der Waals surface area contributed by atoms with Crippen LogP contribution in [-0.4, -0.2) is 25.2 Å². The van der Waals surface area contributed by atoms with E-state index in [0.717, 1.165) is 21.5 Å². The Morgan fingerprint density at radius 1 is 1.24 bits per heavy atom. The standard InChI is InChI=1S/C10H16N6S/c1-6-12-14-9(17-6)16-8(10(2,3)4)7(5-11)13-15-16/h5,11H2,1-4H3. The highest BCUT2D eigenvalue weighted by atomic mass is 32.1. The van der Waals surface area contributed by atoms with Gasteiger partial charge in [-0.05, 0) is 6.92 Å². The van der Waals surface area contributed by atoms with Crippen LogP contribution < -0.4 is 5.73 Å². The van der Waals surface area contributed by atoms with Crippen molar-refractivity contribution in [1.82, 2.24) is 25.2 Å². The molecule has 2 aromatic heterocycles. The molecule has 0 saturated heterocycles. The van der Waals surface area contributed by atoms with E-state index in [2.05, 4.69) is 41.3 Å². The van der Waals surface area contributed by atoms with Crippen LogP contribution in [0.5, 0.6) is 0 Å². The number of hydrogen-bond donors (Lipinski definition) is 1. The molecular weight excluding hydrogens is 236 g/mol. The second-order valence-corrected chi connectivity index (χ2v) is 6.01. The van der Waals surface area contributed by atoms with Crippen LogP contribution in [-0.2, 0) is 12.0 Å². The van der Waals surface area contributed by atoms with E-state index in [0.29, 0.717) is 6.54 Å². The first-order valence-corrected chi connectivity index (χ1v) is 6.20. The molecule has 0 radical (unpaired) electrons. The summed E-state index contributed by atoms with van der Waals surface area (Å²) in [4.78, 5) is 0. The summed E-state index contributed by atoms with van der Waals surface area (Å²) < 4.78 is 1.74. The van der Waals surface area contributed by atoms with Crippen molar-refractivity contribution in [1.29, 1.82) is 0 Å². The second-order valence-electron chi connectivity index (χ2n) is 4.85. The Balaban J connectivity index is 2.59. The van der Waals surface area contributed by atoms with Gasteiger partial charge in [0.1, 0.15) is 10.7 Å². The molecule has 92 valence electrons. The molecule has 2 rings (SSSR count). The fraction of sp³-hybridized carbons (Fsp3) is 0.600. The van der Waals surface area contributed by atoms with E-state index < -0.39 is 0 Å². The summed E-state index contributed by atoms with van der Waals surface area (Å²) in [6.45, 7) is 8.61. The molecule has 6 nitrogen and oxygen atoms in total. The SMILES string of the molecule is Cc1nnc(-n2nnc(CN)c2C(C)(C)C)s1. The van der Waals surface area contributed by atoms with E-state index in [9.17, 15) is 0 Å². The van der Waals surface area contributed by atoms with Crippen molar-refractivity contribution in [2.45, 2.75) is 39.7 Å². The van der Waals surface area contributed by atoms with Crippen molar-refractivity contribution in [3.8, 4) is 5.13 Å². The third-order valence-electron chi connectivity index (χ3n) is 2.34. The van der Waals surface area contributed by atoms with Crippen LogP contribution in [0.25, 0.3) is 5.13 Å². The zero-order valence-corrected chi connectivity index (χ0v) is 11.2.